The molecule has 1 heterocycles. The Bertz CT molecular complexity index is 1420. The summed E-state index contributed by atoms with van der Waals surface area (Å²) in [7, 11) is 0. The summed E-state index contributed by atoms with van der Waals surface area (Å²) in [4.78, 5) is 10.3. The lowest BCUT2D eigenvalue weighted by atomic mass is 9.95. The molecule has 5 rings (SSSR count). The van der Waals surface area contributed by atoms with Crippen molar-refractivity contribution in [3.63, 3.8) is 0 Å². The Kier molecular flexibility index (Phi) is 6.16. The predicted molar refractivity (Wildman–Crippen MR) is 145 cm³/mol. The molecule has 0 saturated carbocycles. The molecule has 2 N–H and O–H groups in total. The van der Waals surface area contributed by atoms with Gasteiger partial charge in [0.25, 0.3) is 0 Å². The molecule has 0 fully saturated rings. The molecule has 4 nitrogen and oxygen atoms in total. The molecular weight excluding hydrogens is 444 g/mol. The van der Waals surface area contributed by atoms with Gasteiger partial charge in [0, 0.05) is 22.3 Å². The lowest BCUT2D eigenvalue weighted by molar-refractivity contribution is 0.475. The minimum absolute atomic E-state index is 0.171. The second kappa shape index (κ2) is 9.72. The Balaban J connectivity index is 1.80. The summed E-state index contributed by atoms with van der Waals surface area (Å²) in [6, 6.07) is 33.5. The quantitative estimate of drug-likeness (QED) is 0.273. The first kappa shape index (κ1) is 22.8. The highest BCUT2D eigenvalue weighted by atomic mass is 16.3. The van der Waals surface area contributed by atoms with Crippen molar-refractivity contribution in [2.75, 3.05) is 0 Å². The molecule has 36 heavy (non-hydrogen) atoms. The van der Waals surface area contributed by atoms with Crippen LogP contribution in [-0.4, -0.2) is 20.2 Å². The number of aromatic nitrogens is 2. The van der Waals surface area contributed by atoms with Gasteiger partial charge in [-0.25, -0.2) is 9.97 Å². The molecule has 0 saturated heterocycles. The zero-order valence-electron chi connectivity index (χ0n) is 19.6. The van der Waals surface area contributed by atoms with Gasteiger partial charge < -0.3 is 10.2 Å². The maximum Gasteiger partial charge on any atom is 0.115 e. The number of phenols is 2. The summed E-state index contributed by atoms with van der Waals surface area (Å²) in [5, 5.41) is 19.8. The fraction of sp³-hybridized carbons (Fsp3) is 0. The molecule has 5 aromatic rings. The van der Waals surface area contributed by atoms with Crippen molar-refractivity contribution in [1.82, 2.24) is 9.97 Å². The van der Waals surface area contributed by atoms with Crippen LogP contribution in [-0.2, 0) is 0 Å². The first-order valence-corrected chi connectivity index (χ1v) is 11.5. The van der Waals surface area contributed by atoms with Gasteiger partial charge in [-0.2, -0.15) is 0 Å². The third-order valence-electron chi connectivity index (χ3n) is 5.99. The van der Waals surface area contributed by atoms with Crippen LogP contribution < -0.4 is 0 Å². The van der Waals surface area contributed by atoms with Crippen molar-refractivity contribution in [3.8, 4) is 34.0 Å². The van der Waals surface area contributed by atoms with Gasteiger partial charge in [0.15, 0.2) is 0 Å². The highest BCUT2D eigenvalue weighted by Gasteiger charge is 2.21. The van der Waals surface area contributed by atoms with Crippen molar-refractivity contribution in [3.05, 3.63) is 145 Å². The minimum Gasteiger partial charge on any atom is -0.508 e. The Labute approximate surface area is 210 Å². The lowest BCUT2D eigenvalue weighted by Crippen LogP contribution is -2.06. The molecule has 0 aliphatic heterocycles. The maximum atomic E-state index is 9.88. The van der Waals surface area contributed by atoms with Crippen LogP contribution in [0.3, 0.4) is 0 Å². The van der Waals surface area contributed by atoms with E-state index in [1.807, 2.05) is 84.9 Å². The van der Waals surface area contributed by atoms with Crippen LogP contribution in [0.4, 0.5) is 0 Å². The first-order valence-electron chi connectivity index (χ1n) is 11.5. The summed E-state index contributed by atoms with van der Waals surface area (Å²) in [5.41, 5.74) is 7.43. The average Bonchev–Trinajstić information content (AvgIpc) is 2.93. The Morgan fingerprint density at radius 3 is 1.14 bits per heavy atom. The van der Waals surface area contributed by atoms with Crippen LogP contribution in [0.25, 0.3) is 33.7 Å². The number of benzene rings is 4. The second-order valence-corrected chi connectivity index (χ2v) is 8.40. The van der Waals surface area contributed by atoms with E-state index in [0.29, 0.717) is 22.8 Å². The maximum absolute atomic E-state index is 9.88. The van der Waals surface area contributed by atoms with Crippen molar-refractivity contribution >= 4 is 11.1 Å². The Hall–Kier alpha value is -4.96. The number of aromatic hydroxyl groups is 2. The molecule has 0 radical (unpaired) electrons. The van der Waals surface area contributed by atoms with E-state index in [9.17, 15) is 10.2 Å². The molecule has 0 spiro atoms. The van der Waals surface area contributed by atoms with Crippen molar-refractivity contribution in [2.24, 2.45) is 0 Å². The van der Waals surface area contributed by atoms with Crippen molar-refractivity contribution in [2.45, 2.75) is 0 Å². The lowest BCUT2D eigenvalue weighted by Gasteiger charge is -2.18. The van der Waals surface area contributed by atoms with Gasteiger partial charge in [0.05, 0.1) is 22.8 Å². The van der Waals surface area contributed by atoms with Gasteiger partial charge in [-0.15, -0.1) is 0 Å². The van der Waals surface area contributed by atoms with Crippen LogP contribution in [0.5, 0.6) is 11.5 Å². The van der Waals surface area contributed by atoms with E-state index in [-0.39, 0.29) is 11.5 Å². The summed E-state index contributed by atoms with van der Waals surface area (Å²) >= 11 is 0. The standard InChI is InChI=1S/C32H24N2O2/c1-21(23-9-5-3-6-10-23)29-31(25-13-17-27(35)18-14-25)34-30(22(2)24-11-7-4-8-12-24)32(33-29)26-15-19-28(36)20-16-26/h3-20,35-36H,1-2H2. The van der Waals surface area contributed by atoms with Gasteiger partial charge >= 0.3 is 0 Å². The zero-order chi connectivity index (χ0) is 25.1. The molecule has 0 aliphatic rings. The second-order valence-electron chi connectivity index (χ2n) is 8.40. The first-order chi connectivity index (χ1) is 17.5. The number of hydrogen-bond acceptors (Lipinski definition) is 4. The van der Waals surface area contributed by atoms with Gasteiger partial charge in [0.1, 0.15) is 11.5 Å². The molecule has 4 aromatic carbocycles. The molecule has 0 atom stereocenters. The molecule has 0 aliphatic carbocycles. The number of hydrogen-bond donors (Lipinski definition) is 2. The van der Waals surface area contributed by atoms with Crippen molar-refractivity contribution in [1.29, 1.82) is 0 Å². The largest absolute Gasteiger partial charge is 0.508 e. The molecule has 0 unspecified atom stereocenters. The predicted octanol–water partition coefficient (Wildman–Crippen LogP) is 7.34. The van der Waals surface area contributed by atoms with Crippen LogP contribution in [0.15, 0.2) is 122 Å². The van der Waals surface area contributed by atoms with Crippen LogP contribution in [0.2, 0.25) is 0 Å². The third-order valence-corrected chi connectivity index (χ3v) is 5.99. The monoisotopic (exact) mass is 468 g/mol. The van der Waals surface area contributed by atoms with E-state index in [2.05, 4.69) is 13.2 Å². The number of rotatable bonds is 6. The van der Waals surface area contributed by atoms with Gasteiger partial charge in [-0.05, 0) is 59.7 Å². The summed E-state index contributed by atoms with van der Waals surface area (Å²) in [6.45, 7) is 8.73. The smallest absolute Gasteiger partial charge is 0.115 e. The molecule has 0 bridgehead atoms. The summed E-state index contributed by atoms with van der Waals surface area (Å²) < 4.78 is 0. The normalized spacial score (nSPS) is 10.7. The average molecular weight is 469 g/mol. The van der Waals surface area contributed by atoms with Gasteiger partial charge in [-0.1, -0.05) is 73.8 Å². The Morgan fingerprint density at radius 1 is 0.472 bits per heavy atom. The Morgan fingerprint density at radius 2 is 0.806 bits per heavy atom. The third kappa shape index (κ3) is 4.52. The number of phenolic OH excluding ortho intramolecular Hbond substituents is 2. The fourth-order valence-corrected chi connectivity index (χ4v) is 4.05. The van der Waals surface area contributed by atoms with Crippen LogP contribution in [0.1, 0.15) is 22.5 Å². The van der Waals surface area contributed by atoms with Crippen LogP contribution in [0, 0.1) is 0 Å². The molecule has 174 valence electrons. The van der Waals surface area contributed by atoms with E-state index in [0.717, 1.165) is 33.4 Å². The molecule has 1 aromatic heterocycles. The van der Waals surface area contributed by atoms with Gasteiger partial charge in [0.2, 0.25) is 0 Å². The topological polar surface area (TPSA) is 66.2 Å². The summed E-state index contributed by atoms with van der Waals surface area (Å²) in [6.07, 6.45) is 0. The van der Waals surface area contributed by atoms with E-state index >= 15 is 0 Å². The van der Waals surface area contributed by atoms with Crippen molar-refractivity contribution < 1.29 is 10.2 Å². The van der Waals surface area contributed by atoms with Crippen LogP contribution >= 0.6 is 0 Å². The molecular formula is C32H24N2O2. The highest BCUT2D eigenvalue weighted by Crippen LogP contribution is 2.37. The van der Waals surface area contributed by atoms with E-state index in [1.165, 1.54) is 0 Å². The van der Waals surface area contributed by atoms with Gasteiger partial charge in [-0.3, -0.25) is 0 Å². The van der Waals surface area contributed by atoms with E-state index < -0.39 is 0 Å². The zero-order valence-corrected chi connectivity index (χ0v) is 19.6. The fourth-order valence-electron chi connectivity index (χ4n) is 4.05. The highest BCUT2D eigenvalue weighted by molar-refractivity contribution is 5.90. The van der Waals surface area contributed by atoms with E-state index in [1.54, 1.807) is 24.3 Å². The van der Waals surface area contributed by atoms with E-state index in [4.69, 9.17) is 9.97 Å². The summed E-state index contributed by atoms with van der Waals surface area (Å²) in [5.74, 6) is 0.342. The number of nitrogens with zero attached hydrogens (tertiary/aromatic N) is 2. The molecule has 4 heteroatoms. The SMILES string of the molecule is C=C(c1ccccc1)c1nc(-c2ccc(O)cc2)c(C(=C)c2ccccc2)nc1-c1ccc(O)cc1. The molecule has 0 amide bonds. The minimum atomic E-state index is 0.171.